The van der Waals surface area contributed by atoms with Crippen molar-refractivity contribution in [2.75, 3.05) is 20.3 Å². The van der Waals surface area contributed by atoms with Gasteiger partial charge in [0.2, 0.25) is 0 Å². The number of methoxy groups -OCH3 is 1. The third kappa shape index (κ3) is 4.45. The third-order valence-electron chi connectivity index (χ3n) is 6.02. The van der Waals surface area contributed by atoms with Gasteiger partial charge in [-0.15, -0.1) is 0 Å². The van der Waals surface area contributed by atoms with Crippen LogP contribution in [0.1, 0.15) is 29.5 Å². The molecule has 1 fully saturated rings. The number of aliphatic hydroxyl groups excluding tert-OH is 1. The first-order valence-corrected chi connectivity index (χ1v) is 10.5. The third-order valence-corrected chi connectivity index (χ3v) is 6.02. The molecule has 1 heterocycles. The molecule has 0 bridgehead atoms. The molecule has 2 N–H and O–H groups in total. The van der Waals surface area contributed by atoms with Crippen LogP contribution >= 0.6 is 0 Å². The average molecular weight is 391 g/mol. The van der Waals surface area contributed by atoms with Crippen LogP contribution in [-0.2, 0) is 19.6 Å². The minimum Gasteiger partial charge on any atom is -0.496 e. The van der Waals surface area contributed by atoms with Crippen molar-refractivity contribution in [1.29, 1.82) is 0 Å². The molecule has 4 nitrogen and oxygen atoms in total. The molecule has 3 aromatic carbocycles. The molecule has 0 saturated carbocycles. The Morgan fingerprint density at radius 1 is 0.931 bits per heavy atom. The lowest BCUT2D eigenvalue weighted by Gasteiger charge is -2.24. The number of rotatable bonds is 8. The highest BCUT2D eigenvalue weighted by atomic mass is 16.5. The monoisotopic (exact) mass is 390 g/mol. The molecule has 29 heavy (non-hydrogen) atoms. The number of ether oxygens (including phenoxy) is 1. The van der Waals surface area contributed by atoms with Crippen molar-refractivity contribution in [3.63, 3.8) is 0 Å². The van der Waals surface area contributed by atoms with Crippen LogP contribution in [0.4, 0.5) is 0 Å². The molecule has 0 amide bonds. The van der Waals surface area contributed by atoms with Gasteiger partial charge in [-0.2, -0.15) is 0 Å². The van der Waals surface area contributed by atoms with E-state index in [2.05, 4.69) is 58.7 Å². The predicted molar refractivity (Wildman–Crippen MR) is 118 cm³/mol. The molecule has 152 valence electrons. The molecule has 1 unspecified atom stereocenters. The van der Waals surface area contributed by atoms with E-state index in [0.717, 1.165) is 43.7 Å². The number of hydrogen-bond acceptors (Lipinski definition) is 4. The number of fused-ring (bicyclic) bond motifs is 1. The van der Waals surface area contributed by atoms with Gasteiger partial charge in [-0.05, 0) is 47.5 Å². The van der Waals surface area contributed by atoms with Gasteiger partial charge in [-0.3, -0.25) is 4.90 Å². The van der Waals surface area contributed by atoms with Crippen LogP contribution in [0.2, 0.25) is 0 Å². The van der Waals surface area contributed by atoms with Crippen LogP contribution in [0.25, 0.3) is 10.8 Å². The van der Waals surface area contributed by atoms with E-state index >= 15 is 0 Å². The zero-order valence-corrected chi connectivity index (χ0v) is 17.1. The van der Waals surface area contributed by atoms with E-state index in [-0.39, 0.29) is 6.61 Å². The van der Waals surface area contributed by atoms with Crippen molar-refractivity contribution in [1.82, 2.24) is 10.2 Å². The summed E-state index contributed by atoms with van der Waals surface area (Å²) >= 11 is 0. The lowest BCUT2D eigenvalue weighted by Crippen LogP contribution is -2.32. The Balaban J connectivity index is 1.45. The first kappa shape index (κ1) is 19.9. The molecule has 4 rings (SSSR count). The number of hydrogen-bond donors (Lipinski definition) is 2. The summed E-state index contributed by atoms with van der Waals surface area (Å²) in [5, 5.41) is 15.6. The molecule has 3 aromatic rings. The number of benzene rings is 3. The quantitative estimate of drug-likeness (QED) is 0.608. The summed E-state index contributed by atoms with van der Waals surface area (Å²) < 4.78 is 5.51. The molecule has 1 saturated heterocycles. The Labute approximate surface area is 173 Å². The van der Waals surface area contributed by atoms with Crippen molar-refractivity contribution in [3.05, 3.63) is 77.4 Å². The Kier molecular flexibility index (Phi) is 6.45. The second-order valence-electron chi connectivity index (χ2n) is 7.79. The van der Waals surface area contributed by atoms with E-state index in [0.29, 0.717) is 6.04 Å². The summed E-state index contributed by atoms with van der Waals surface area (Å²) in [5.41, 5.74) is 3.95. The first-order chi connectivity index (χ1) is 14.3. The summed E-state index contributed by atoms with van der Waals surface area (Å²) in [6.07, 6.45) is 2.28. The van der Waals surface area contributed by atoms with Gasteiger partial charge < -0.3 is 15.2 Å². The van der Waals surface area contributed by atoms with Gasteiger partial charge in [-0.25, -0.2) is 0 Å². The largest absolute Gasteiger partial charge is 0.496 e. The Hall–Kier alpha value is -2.40. The smallest absolute Gasteiger partial charge is 0.126 e. The zero-order chi connectivity index (χ0) is 20.1. The van der Waals surface area contributed by atoms with Crippen LogP contribution in [0.5, 0.6) is 5.75 Å². The van der Waals surface area contributed by atoms with Crippen molar-refractivity contribution in [2.24, 2.45) is 0 Å². The zero-order valence-electron chi connectivity index (χ0n) is 17.1. The molecule has 0 aliphatic carbocycles. The van der Waals surface area contributed by atoms with Gasteiger partial charge in [0.05, 0.1) is 13.7 Å². The summed E-state index contributed by atoms with van der Waals surface area (Å²) in [6.45, 7) is 3.88. The fourth-order valence-corrected chi connectivity index (χ4v) is 4.42. The highest BCUT2D eigenvalue weighted by molar-refractivity contribution is 5.90. The summed E-state index contributed by atoms with van der Waals surface area (Å²) in [6, 6.07) is 21.5. The maximum atomic E-state index is 9.61. The lowest BCUT2D eigenvalue weighted by molar-refractivity contribution is 0.153. The van der Waals surface area contributed by atoms with Crippen LogP contribution in [-0.4, -0.2) is 36.3 Å². The highest BCUT2D eigenvalue weighted by Gasteiger charge is 2.24. The number of nitrogens with one attached hydrogen (secondary N) is 1. The van der Waals surface area contributed by atoms with E-state index in [9.17, 15) is 5.11 Å². The van der Waals surface area contributed by atoms with Crippen LogP contribution < -0.4 is 10.1 Å². The second kappa shape index (κ2) is 9.40. The first-order valence-electron chi connectivity index (χ1n) is 10.5. The van der Waals surface area contributed by atoms with Crippen molar-refractivity contribution >= 4 is 10.8 Å². The minimum absolute atomic E-state index is 0.255. The van der Waals surface area contributed by atoms with Crippen LogP contribution in [0.15, 0.2) is 60.7 Å². The molecule has 0 spiro atoms. The standard InChI is InChI=1S/C25H30N2O2/c1-29-25-13-5-11-23-20(9-4-12-24(23)25)16-26-15-19-7-2-3-8-21(19)17-27-14-6-10-22(27)18-28/h2-5,7-9,11-13,22,26,28H,6,10,14-18H2,1H3. The maximum absolute atomic E-state index is 9.61. The van der Waals surface area contributed by atoms with Gasteiger partial charge in [0.1, 0.15) is 5.75 Å². The van der Waals surface area contributed by atoms with E-state index in [1.807, 2.05) is 12.1 Å². The average Bonchev–Trinajstić information content (AvgIpc) is 3.22. The Morgan fingerprint density at radius 2 is 1.66 bits per heavy atom. The number of nitrogens with zero attached hydrogens (tertiary/aromatic N) is 1. The lowest BCUT2D eigenvalue weighted by atomic mass is 10.0. The Bertz CT molecular complexity index is 956. The van der Waals surface area contributed by atoms with Crippen LogP contribution in [0, 0.1) is 0 Å². The molecule has 1 aliphatic heterocycles. The number of likely N-dealkylation sites (tertiary alicyclic amines) is 1. The Morgan fingerprint density at radius 3 is 2.48 bits per heavy atom. The molecule has 0 aromatic heterocycles. The van der Waals surface area contributed by atoms with Crippen molar-refractivity contribution < 1.29 is 9.84 Å². The number of aliphatic hydroxyl groups is 1. The predicted octanol–water partition coefficient (Wildman–Crippen LogP) is 4.09. The van der Waals surface area contributed by atoms with E-state index in [4.69, 9.17) is 4.74 Å². The summed E-state index contributed by atoms with van der Waals surface area (Å²) in [5.74, 6) is 0.916. The van der Waals surface area contributed by atoms with Crippen molar-refractivity contribution in [2.45, 2.75) is 38.5 Å². The van der Waals surface area contributed by atoms with Gasteiger partial charge >= 0.3 is 0 Å². The van der Waals surface area contributed by atoms with E-state index in [1.54, 1.807) is 7.11 Å². The van der Waals surface area contributed by atoms with Crippen LogP contribution in [0.3, 0.4) is 0 Å². The maximum Gasteiger partial charge on any atom is 0.126 e. The molecular weight excluding hydrogens is 360 g/mol. The topological polar surface area (TPSA) is 44.7 Å². The highest BCUT2D eigenvalue weighted by Crippen LogP contribution is 2.28. The summed E-state index contributed by atoms with van der Waals surface area (Å²) in [4.78, 5) is 2.41. The summed E-state index contributed by atoms with van der Waals surface area (Å²) in [7, 11) is 1.72. The second-order valence-corrected chi connectivity index (χ2v) is 7.79. The van der Waals surface area contributed by atoms with E-state index in [1.165, 1.54) is 28.5 Å². The van der Waals surface area contributed by atoms with Gasteiger partial charge in [-0.1, -0.05) is 54.6 Å². The normalized spacial score (nSPS) is 17.1. The van der Waals surface area contributed by atoms with E-state index < -0.39 is 0 Å². The minimum atomic E-state index is 0.255. The molecule has 1 atom stereocenters. The SMILES string of the molecule is COc1cccc2c(CNCc3ccccc3CN3CCCC3CO)cccc12. The van der Waals surface area contributed by atoms with Gasteiger partial charge in [0.25, 0.3) is 0 Å². The molecule has 1 aliphatic rings. The molecule has 4 heteroatoms. The molecule has 0 radical (unpaired) electrons. The molecular formula is C25H30N2O2. The fourth-order valence-electron chi connectivity index (χ4n) is 4.42. The van der Waals surface area contributed by atoms with Gasteiger partial charge in [0.15, 0.2) is 0 Å². The van der Waals surface area contributed by atoms with Gasteiger partial charge in [0, 0.05) is 31.1 Å². The van der Waals surface area contributed by atoms with Crippen molar-refractivity contribution in [3.8, 4) is 5.75 Å². The fraction of sp³-hybridized carbons (Fsp3) is 0.360.